The average molecular weight is 91.1 g/mol. The molecule has 0 bridgehead atoms. The van der Waals surface area contributed by atoms with E-state index >= 15 is 0 Å². The van der Waals surface area contributed by atoms with Gasteiger partial charge < -0.3 is 9.84 Å². The van der Waals surface area contributed by atoms with Crippen molar-refractivity contribution < 1.29 is 16.1 Å². The molecule has 0 heterocycles. The summed E-state index contributed by atoms with van der Waals surface area (Å²) in [5.74, 6) is -0.602. The zero-order valence-electron chi connectivity index (χ0n) is 4.47. The second-order valence-corrected chi connectivity index (χ2v) is 0.734. The number of aliphatic hydroxyl groups excluding tert-OH is 1. The average Bonchev–Trinajstić information content (AvgIpc) is 1.65. The lowest BCUT2D eigenvalue weighted by molar-refractivity contribution is -0.143. The third-order valence-electron chi connectivity index (χ3n) is 0.357. The molecule has 0 spiro atoms. The Morgan fingerprint density at radius 2 is 2.67 bits per heavy atom. The third kappa shape index (κ3) is 1.72. The lowest BCUT2D eigenvalue weighted by Gasteiger charge is -1.86. The van der Waals surface area contributed by atoms with Crippen LogP contribution in [0.5, 0.6) is 0 Å². The molecule has 0 radical (unpaired) electrons. The summed E-state index contributed by atoms with van der Waals surface area (Å²) in [6, 6.07) is 0. The van der Waals surface area contributed by atoms with Gasteiger partial charge in [0.15, 0.2) is 0 Å². The summed E-state index contributed by atoms with van der Waals surface area (Å²) < 4.78 is 4.01. The first-order valence-corrected chi connectivity index (χ1v) is 1.49. The molecule has 3 nitrogen and oxygen atoms in total. The van der Waals surface area contributed by atoms with Gasteiger partial charge in [-0.2, -0.15) is 0 Å². The molecule has 0 unspecified atom stereocenters. The fraction of sp³-hybridized carbons (Fsp3) is 0.667. The van der Waals surface area contributed by atoms with Gasteiger partial charge in [0.1, 0.15) is 6.61 Å². The fourth-order valence-electron chi connectivity index (χ4n) is 0.0645. The summed E-state index contributed by atoms with van der Waals surface area (Å²) >= 11 is 0. The van der Waals surface area contributed by atoms with Crippen molar-refractivity contribution in [2.45, 2.75) is 0 Å². The number of aliphatic hydroxyl groups is 1. The second-order valence-electron chi connectivity index (χ2n) is 0.734. The molecule has 6 heavy (non-hydrogen) atoms. The zero-order chi connectivity index (χ0) is 4.99. The maximum atomic E-state index is 9.71. The molecule has 0 aliphatic heterocycles. The van der Waals surface area contributed by atoms with Crippen LogP contribution in [0, 0.1) is 0 Å². The molecule has 0 aromatic rings. The van der Waals surface area contributed by atoms with Crippen LogP contribution in [-0.4, -0.2) is 24.8 Å². The predicted octanol–water partition coefficient (Wildman–Crippen LogP) is -0.736. The number of carbonyl (C=O) groups excluding carboxylic acids is 1. The van der Waals surface area contributed by atoms with Gasteiger partial charge in [-0.05, 0) is 0 Å². The van der Waals surface area contributed by atoms with Crippen molar-refractivity contribution in [1.82, 2.24) is 0 Å². The highest BCUT2D eigenvalue weighted by atomic mass is 16.5. The van der Waals surface area contributed by atoms with E-state index in [0.717, 1.165) is 0 Å². The van der Waals surface area contributed by atoms with Gasteiger partial charge in [0.2, 0.25) is 0 Å². The Labute approximate surface area is 37.0 Å². The molecular weight excluding hydrogens is 84.0 g/mol. The normalized spacial score (nSPS) is 7.67. The second kappa shape index (κ2) is 2.66. The van der Waals surface area contributed by atoms with Crippen molar-refractivity contribution in [2.24, 2.45) is 0 Å². The Hall–Kier alpha value is -0.570. The Morgan fingerprint density at radius 1 is 2.17 bits per heavy atom. The van der Waals surface area contributed by atoms with E-state index in [1.54, 1.807) is 0 Å². The van der Waals surface area contributed by atoms with E-state index in [9.17, 15) is 4.79 Å². The molecule has 0 atom stereocenters. The van der Waals surface area contributed by atoms with Crippen molar-refractivity contribution in [1.29, 1.82) is 0 Å². The number of methoxy groups -OCH3 is 1. The summed E-state index contributed by atoms with van der Waals surface area (Å²) in [5.41, 5.74) is 0. The van der Waals surface area contributed by atoms with Crippen molar-refractivity contribution in [3.05, 3.63) is 0 Å². The van der Waals surface area contributed by atoms with Gasteiger partial charge in [0.25, 0.3) is 0 Å². The van der Waals surface area contributed by atoms with Crippen LogP contribution in [0.15, 0.2) is 0 Å². The number of carbonyl (C=O) groups is 1. The Morgan fingerprint density at radius 3 is 2.67 bits per heavy atom. The zero-order valence-corrected chi connectivity index (χ0v) is 3.47. The van der Waals surface area contributed by atoms with E-state index in [-0.39, 0.29) is 1.43 Å². The number of hydrogen-bond acceptors (Lipinski definition) is 3. The van der Waals surface area contributed by atoms with Crippen LogP contribution >= 0.6 is 0 Å². The molecular formula is C3H7O3+. The fourth-order valence-corrected chi connectivity index (χ4v) is 0.0645. The SMILES string of the molecule is COC(=O)CO.[H+]. The third-order valence-corrected chi connectivity index (χ3v) is 0.357. The smallest absolute Gasteiger partial charge is 0.467 e. The molecule has 36 valence electrons. The van der Waals surface area contributed by atoms with Crippen LogP contribution in [0.3, 0.4) is 0 Å². The number of esters is 1. The Balaban J connectivity index is 0. The largest absolute Gasteiger partial charge is 1.00 e. The van der Waals surface area contributed by atoms with Crippen molar-refractivity contribution in [2.75, 3.05) is 13.7 Å². The standard InChI is InChI=1S/C3H6O3/c1-6-3(5)2-4/h4H,2H2,1H3/p+1. The highest BCUT2D eigenvalue weighted by Crippen LogP contribution is 1.63. The van der Waals surface area contributed by atoms with Crippen molar-refractivity contribution >= 4 is 5.97 Å². The van der Waals surface area contributed by atoms with Gasteiger partial charge >= 0.3 is 7.40 Å². The topological polar surface area (TPSA) is 46.5 Å². The van der Waals surface area contributed by atoms with Gasteiger partial charge in [-0.1, -0.05) is 0 Å². The minimum Gasteiger partial charge on any atom is -0.467 e. The van der Waals surface area contributed by atoms with Crippen LogP contribution < -0.4 is 0 Å². The summed E-state index contributed by atoms with van der Waals surface area (Å²) in [7, 11) is 1.22. The maximum Gasteiger partial charge on any atom is 1.00 e. The summed E-state index contributed by atoms with van der Waals surface area (Å²) in [4.78, 5) is 9.71. The minimum atomic E-state index is -0.602. The first-order valence-electron chi connectivity index (χ1n) is 1.49. The van der Waals surface area contributed by atoms with E-state index in [0.29, 0.717) is 0 Å². The summed E-state index contributed by atoms with van der Waals surface area (Å²) in [6.07, 6.45) is 0. The molecule has 0 fully saturated rings. The Kier molecular flexibility index (Phi) is 2.40. The lowest BCUT2D eigenvalue weighted by atomic mass is 10.8. The van der Waals surface area contributed by atoms with Crippen molar-refractivity contribution in [3.8, 4) is 0 Å². The van der Waals surface area contributed by atoms with E-state index in [1.807, 2.05) is 0 Å². The first-order chi connectivity index (χ1) is 2.81. The summed E-state index contributed by atoms with van der Waals surface area (Å²) in [5, 5.41) is 7.86. The highest BCUT2D eigenvalue weighted by Gasteiger charge is 1.89. The molecule has 0 saturated heterocycles. The highest BCUT2D eigenvalue weighted by molar-refractivity contribution is 5.70. The van der Waals surface area contributed by atoms with Gasteiger partial charge in [-0.15, -0.1) is 0 Å². The number of hydrogen-bond donors (Lipinski definition) is 1. The van der Waals surface area contributed by atoms with Crippen LogP contribution in [0.2, 0.25) is 0 Å². The summed E-state index contributed by atoms with van der Waals surface area (Å²) in [6.45, 7) is -0.531. The monoisotopic (exact) mass is 91.0 g/mol. The van der Waals surface area contributed by atoms with E-state index < -0.39 is 12.6 Å². The van der Waals surface area contributed by atoms with Crippen LogP contribution in [0.4, 0.5) is 0 Å². The van der Waals surface area contributed by atoms with Crippen LogP contribution in [0.25, 0.3) is 0 Å². The quantitative estimate of drug-likeness (QED) is 0.432. The molecule has 0 aromatic carbocycles. The molecule has 0 saturated carbocycles. The molecule has 3 heteroatoms. The first kappa shape index (κ1) is 5.43. The van der Waals surface area contributed by atoms with Crippen molar-refractivity contribution in [3.63, 3.8) is 0 Å². The number of rotatable bonds is 1. The molecule has 0 amide bonds. The predicted molar refractivity (Wildman–Crippen MR) is 20.2 cm³/mol. The molecule has 0 rings (SSSR count). The van der Waals surface area contributed by atoms with E-state index in [2.05, 4.69) is 4.74 Å². The van der Waals surface area contributed by atoms with E-state index in [1.165, 1.54) is 7.11 Å². The maximum absolute atomic E-state index is 9.71. The van der Waals surface area contributed by atoms with Gasteiger partial charge in [-0.25, -0.2) is 4.79 Å². The number of ether oxygens (including phenoxy) is 1. The van der Waals surface area contributed by atoms with Gasteiger partial charge in [-0.3, -0.25) is 0 Å². The molecule has 1 N–H and O–H groups in total. The van der Waals surface area contributed by atoms with E-state index in [4.69, 9.17) is 5.11 Å². The van der Waals surface area contributed by atoms with Gasteiger partial charge in [0, 0.05) is 0 Å². The van der Waals surface area contributed by atoms with Crippen LogP contribution in [-0.2, 0) is 9.53 Å². The minimum absolute atomic E-state index is 0. The molecule has 0 aliphatic carbocycles. The van der Waals surface area contributed by atoms with Crippen LogP contribution in [0.1, 0.15) is 1.43 Å². The molecule has 0 aromatic heterocycles. The van der Waals surface area contributed by atoms with Gasteiger partial charge in [0.05, 0.1) is 7.11 Å². The lowest BCUT2D eigenvalue weighted by Crippen LogP contribution is -2.04. The Bertz CT molecular complexity index is 48.1. The molecule has 0 aliphatic rings.